The van der Waals surface area contributed by atoms with Crippen LogP contribution in [0.3, 0.4) is 0 Å². The van der Waals surface area contributed by atoms with E-state index >= 15 is 0 Å². The van der Waals surface area contributed by atoms with E-state index < -0.39 is 6.04 Å². The second kappa shape index (κ2) is 11.2. The zero-order valence-electron chi connectivity index (χ0n) is 20.6. The first-order valence-electron chi connectivity index (χ1n) is 11.4. The highest BCUT2D eigenvalue weighted by molar-refractivity contribution is 5.88. The van der Waals surface area contributed by atoms with E-state index in [1.165, 1.54) is 0 Å². The lowest BCUT2D eigenvalue weighted by molar-refractivity contribution is -0.142. The number of nitrogens with zero attached hydrogens (tertiary/aromatic N) is 1. The zero-order valence-corrected chi connectivity index (χ0v) is 20.6. The summed E-state index contributed by atoms with van der Waals surface area (Å²) in [5.41, 5.74) is 3.03. The highest BCUT2D eigenvalue weighted by atomic mass is 16.5. The Bertz CT molecular complexity index is 917. The van der Waals surface area contributed by atoms with Gasteiger partial charge in [0.2, 0.25) is 5.91 Å². The van der Waals surface area contributed by atoms with Gasteiger partial charge < -0.3 is 15.0 Å². The number of carbonyl (C=O) groups is 2. The van der Waals surface area contributed by atoms with Crippen molar-refractivity contribution in [3.8, 4) is 5.75 Å². The molecule has 0 heterocycles. The number of carbonyl (C=O) groups excluding carboxylic acids is 2. The van der Waals surface area contributed by atoms with Gasteiger partial charge in [-0.1, -0.05) is 75.7 Å². The highest BCUT2D eigenvalue weighted by Crippen LogP contribution is 2.31. The molecule has 2 amide bonds. The van der Waals surface area contributed by atoms with Gasteiger partial charge in [-0.15, -0.1) is 0 Å². The number of benzene rings is 2. The maximum Gasteiger partial charge on any atom is 0.261 e. The van der Waals surface area contributed by atoms with Crippen molar-refractivity contribution in [1.82, 2.24) is 10.2 Å². The quantitative estimate of drug-likeness (QED) is 0.599. The Morgan fingerprint density at radius 2 is 1.75 bits per heavy atom. The Balaban J connectivity index is 2.23. The molecule has 0 bridgehead atoms. The van der Waals surface area contributed by atoms with Crippen molar-refractivity contribution >= 4 is 11.8 Å². The van der Waals surface area contributed by atoms with Crippen LogP contribution in [0.4, 0.5) is 0 Å². The van der Waals surface area contributed by atoms with E-state index in [0.717, 1.165) is 23.1 Å². The van der Waals surface area contributed by atoms with Crippen molar-refractivity contribution in [3.05, 3.63) is 65.2 Å². The molecule has 2 rings (SSSR count). The van der Waals surface area contributed by atoms with E-state index in [9.17, 15) is 9.59 Å². The molecule has 2 atom stereocenters. The van der Waals surface area contributed by atoms with Crippen LogP contribution in [-0.4, -0.2) is 35.4 Å². The number of amides is 2. The van der Waals surface area contributed by atoms with Crippen molar-refractivity contribution in [2.75, 3.05) is 6.61 Å². The smallest absolute Gasteiger partial charge is 0.261 e. The minimum atomic E-state index is -0.613. The average Bonchev–Trinajstić information content (AvgIpc) is 2.74. The van der Waals surface area contributed by atoms with Crippen molar-refractivity contribution in [2.24, 2.45) is 0 Å². The van der Waals surface area contributed by atoms with Crippen LogP contribution in [0.25, 0.3) is 0 Å². The molecule has 5 heteroatoms. The molecule has 0 saturated heterocycles. The highest BCUT2D eigenvalue weighted by Gasteiger charge is 2.28. The van der Waals surface area contributed by atoms with Gasteiger partial charge in [0.05, 0.1) is 0 Å². The maximum atomic E-state index is 13.3. The third kappa shape index (κ3) is 7.11. The topological polar surface area (TPSA) is 58.6 Å². The summed E-state index contributed by atoms with van der Waals surface area (Å²) in [5, 5.41) is 2.99. The molecular formula is C27H38N2O3. The molecule has 2 aromatic rings. The molecule has 0 radical (unpaired) electrons. The second-order valence-electron chi connectivity index (χ2n) is 9.54. The largest absolute Gasteiger partial charge is 0.483 e. The van der Waals surface area contributed by atoms with E-state index in [2.05, 4.69) is 26.1 Å². The molecule has 32 heavy (non-hydrogen) atoms. The van der Waals surface area contributed by atoms with Gasteiger partial charge in [-0.25, -0.2) is 0 Å². The van der Waals surface area contributed by atoms with Gasteiger partial charge in [-0.2, -0.15) is 0 Å². The van der Waals surface area contributed by atoms with Crippen LogP contribution in [0.1, 0.15) is 64.7 Å². The van der Waals surface area contributed by atoms with Crippen LogP contribution < -0.4 is 10.1 Å². The normalized spacial score (nSPS) is 13.2. The summed E-state index contributed by atoms with van der Waals surface area (Å²) in [6, 6.07) is 15.2. The minimum Gasteiger partial charge on any atom is -0.483 e. The molecule has 0 aliphatic heterocycles. The van der Waals surface area contributed by atoms with Gasteiger partial charge >= 0.3 is 0 Å². The minimum absolute atomic E-state index is 0.0517. The van der Waals surface area contributed by atoms with Crippen molar-refractivity contribution in [2.45, 2.75) is 78.9 Å². The number of hydrogen-bond acceptors (Lipinski definition) is 3. The Labute approximate surface area is 193 Å². The van der Waals surface area contributed by atoms with E-state index in [0.29, 0.717) is 12.3 Å². The Morgan fingerprint density at radius 1 is 1.06 bits per heavy atom. The van der Waals surface area contributed by atoms with Crippen LogP contribution in [0, 0.1) is 6.92 Å². The van der Waals surface area contributed by atoms with Crippen molar-refractivity contribution < 1.29 is 14.3 Å². The van der Waals surface area contributed by atoms with Gasteiger partial charge in [0, 0.05) is 12.6 Å². The lowest BCUT2D eigenvalue weighted by atomic mass is 9.86. The van der Waals surface area contributed by atoms with Crippen LogP contribution >= 0.6 is 0 Å². The number of hydrogen-bond donors (Lipinski definition) is 1. The molecule has 2 aromatic carbocycles. The predicted octanol–water partition coefficient (Wildman–Crippen LogP) is 5.00. The fraction of sp³-hybridized carbons (Fsp3) is 0.481. The fourth-order valence-corrected chi connectivity index (χ4v) is 3.49. The zero-order chi connectivity index (χ0) is 23.9. The molecule has 0 aliphatic carbocycles. The lowest BCUT2D eigenvalue weighted by Crippen LogP contribution is -2.50. The van der Waals surface area contributed by atoms with Crippen LogP contribution in [-0.2, 0) is 21.5 Å². The molecular weight excluding hydrogens is 400 g/mol. The molecule has 1 N–H and O–H groups in total. The maximum absolute atomic E-state index is 13.3. The van der Waals surface area contributed by atoms with E-state index in [1.807, 2.05) is 69.3 Å². The molecule has 0 aliphatic rings. The number of para-hydroxylation sites is 1. The van der Waals surface area contributed by atoms with Crippen LogP contribution in [0.5, 0.6) is 5.75 Å². The summed E-state index contributed by atoms with van der Waals surface area (Å²) in [4.78, 5) is 27.7. The standard InChI is InChI=1S/C27H38N2O3/c1-8-20(3)28-26(31)21(4)29(17-22-13-11-12-19(2)16-22)25(30)18-32-24-15-10-9-14-23(24)27(5,6)7/h9-16,20-21H,8,17-18H2,1-7H3,(H,28,31)/t20-,21+/m1/s1. The van der Waals surface area contributed by atoms with Gasteiger partial charge in [0.1, 0.15) is 11.8 Å². The Hall–Kier alpha value is -2.82. The Kier molecular flexibility index (Phi) is 8.88. The van der Waals surface area contributed by atoms with Gasteiger partial charge in [0.25, 0.3) is 5.91 Å². The van der Waals surface area contributed by atoms with Crippen LogP contribution in [0.15, 0.2) is 48.5 Å². The number of rotatable bonds is 9. The second-order valence-corrected chi connectivity index (χ2v) is 9.54. The summed E-state index contributed by atoms with van der Waals surface area (Å²) < 4.78 is 5.98. The summed E-state index contributed by atoms with van der Waals surface area (Å²) in [6.45, 7) is 14.3. The molecule has 174 valence electrons. The molecule has 5 nitrogen and oxygen atoms in total. The fourth-order valence-electron chi connectivity index (χ4n) is 3.49. The molecule has 0 saturated carbocycles. The number of nitrogens with one attached hydrogen (secondary N) is 1. The van der Waals surface area contributed by atoms with E-state index in [-0.39, 0.29) is 29.9 Å². The van der Waals surface area contributed by atoms with E-state index in [1.54, 1.807) is 11.8 Å². The first-order valence-corrected chi connectivity index (χ1v) is 11.4. The molecule has 0 unspecified atom stereocenters. The monoisotopic (exact) mass is 438 g/mol. The third-order valence-corrected chi connectivity index (χ3v) is 5.65. The summed E-state index contributed by atoms with van der Waals surface area (Å²) in [7, 11) is 0. The third-order valence-electron chi connectivity index (χ3n) is 5.65. The first-order chi connectivity index (χ1) is 15.0. The molecule has 0 fully saturated rings. The molecule has 0 aromatic heterocycles. The van der Waals surface area contributed by atoms with Crippen LogP contribution in [0.2, 0.25) is 0 Å². The molecule has 0 spiro atoms. The summed E-state index contributed by atoms with van der Waals surface area (Å²) in [6.07, 6.45) is 0.830. The average molecular weight is 439 g/mol. The van der Waals surface area contributed by atoms with E-state index in [4.69, 9.17) is 4.74 Å². The van der Waals surface area contributed by atoms with Gasteiger partial charge in [0.15, 0.2) is 6.61 Å². The van der Waals surface area contributed by atoms with Gasteiger partial charge in [-0.05, 0) is 49.8 Å². The Morgan fingerprint density at radius 3 is 2.38 bits per heavy atom. The number of ether oxygens (including phenoxy) is 1. The first kappa shape index (κ1) is 25.4. The van der Waals surface area contributed by atoms with Gasteiger partial charge in [-0.3, -0.25) is 9.59 Å². The summed E-state index contributed by atoms with van der Waals surface area (Å²) >= 11 is 0. The predicted molar refractivity (Wildman–Crippen MR) is 130 cm³/mol. The SMILES string of the molecule is CC[C@@H](C)NC(=O)[C@H](C)N(Cc1cccc(C)c1)C(=O)COc1ccccc1C(C)(C)C. The van der Waals surface area contributed by atoms with Crippen molar-refractivity contribution in [3.63, 3.8) is 0 Å². The van der Waals surface area contributed by atoms with Crippen molar-refractivity contribution in [1.29, 1.82) is 0 Å². The number of aryl methyl sites for hydroxylation is 1. The summed E-state index contributed by atoms with van der Waals surface area (Å²) in [5.74, 6) is 0.318. The lowest BCUT2D eigenvalue weighted by Gasteiger charge is -2.30.